The number of nitrogens with one attached hydrogen (secondary N) is 3. The minimum absolute atomic E-state index is 0.102. The van der Waals surface area contributed by atoms with Crippen LogP contribution in [0.1, 0.15) is 0 Å². The zero-order valence-corrected chi connectivity index (χ0v) is 19.2. The Balaban J connectivity index is 0.000000183. The summed E-state index contributed by atoms with van der Waals surface area (Å²) in [6.45, 7) is 0. The number of benzene rings is 2. The van der Waals surface area contributed by atoms with Gasteiger partial charge in [-0.2, -0.15) is 0 Å². The van der Waals surface area contributed by atoms with Gasteiger partial charge in [0.25, 0.3) is 11.1 Å². The summed E-state index contributed by atoms with van der Waals surface area (Å²) >= 11 is 12.8. The summed E-state index contributed by atoms with van der Waals surface area (Å²) < 4.78 is 0. The summed E-state index contributed by atoms with van der Waals surface area (Å²) in [6.07, 6.45) is 4.79. The van der Waals surface area contributed by atoms with Crippen molar-refractivity contribution >= 4 is 52.3 Å². The average Bonchev–Trinajstić information content (AvgIpc) is 2.74. The molecule has 32 heavy (non-hydrogen) atoms. The van der Waals surface area contributed by atoms with Gasteiger partial charge in [0.05, 0.1) is 0 Å². The summed E-state index contributed by atoms with van der Waals surface area (Å²) in [5.41, 5.74) is 6.55. The molecule has 0 saturated carbocycles. The van der Waals surface area contributed by atoms with Crippen molar-refractivity contribution in [2.45, 2.75) is 5.16 Å². The monoisotopic (exact) mass is 490 g/mol. The number of nitrogens with two attached hydrogens (primary N) is 1. The normalized spacial score (nSPS) is 9.59. The Morgan fingerprint density at radius 1 is 0.875 bits per heavy atom. The quantitative estimate of drug-likeness (QED) is 0.188. The average molecular weight is 491 g/mol. The number of halogens is 2. The largest absolute Gasteiger partial charge is 0.399 e. The van der Waals surface area contributed by atoms with Crippen LogP contribution in [0.3, 0.4) is 0 Å². The molecule has 4 rings (SSSR count). The third kappa shape index (κ3) is 9.69. The first-order chi connectivity index (χ1) is 15.4. The molecular weight excluding hydrogens is 471 g/mol. The van der Waals surface area contributed by atoms with Crippen LogP contribution >= 0.6 is 35.0 Å². The molecule has 0 radical (unpaired) electrons. The smallest absolute Gasteiger partial charge is 0.252 e. The fourth-order valence-electron chi connectivity index (χ4n) is 2.10. The second-order valence-corrected chi connectivity index (χ2v) is 7.58. The summed E-state index contributed by atoms with van der Waals surface area (Å²) in [7, 11) is 0. The van der Waals surface area contributed by atoms with Gasteiger partial charge in [-0.05, 0) is 42.7 Å². The van der Waals surface area contributed by atoms with Gasteiger partial charge >= 0.3 is 0 Å². The SMILES string of the molecule is CSc1nccc(=O)[nH]1.Nc1cccc(Cl)c1.O=c1ccnc(Nc2cccc(Cl)c2)[nH]1. The molecule has 0 spiro atoms. The van der Waals surface area contributed by atoms with Crippen molar-refractivity contribution in [3.05, 3.63) is 104 Å². The molecule has 2 aromatic carbocycles. The Kier molecular flexibility index (Phi) is 10.3. The van der Waals surface area contributed by atoms with E-state index >= 15 is 0 Å². The van der Waals surface area contributed by atoms with Crippen LogP contribution in [-0.2, 0) is 0 Å². The highest BCUT2D eigenvalue weighted by Crippen LogP contribution is 2.17. The Morgan fingerprint density at radius 3 is 2.00 bits per heavy atom. The van der Waals surface area contributed by atoms with E-state index in [0.717, 1.165) is 5.69 Å². The fraction of sp³-hybridized carbons (Fsp3) is 0.0476. The van der Waals surface area contributed by atoms with E-state index in [4.69, 9.17) is 28.9 Å². The minimum Gasteiger partial charge on any atom is -0.399 e. The molecule has 0 atom stereocenters. The standard InChI is InChI=1S/C10H8ClN3O.C6H6ClN.C5H6N2OS/c11-7-2-1-3-8(6-7)13-10-12-5-4-9(15)14-10;7-5-2-1-3-6(8)4-5;1-9-5-6-3-2-4(8)7-5/h1-6H,(H2,12,13,14,15);1-4H,8H2;2-3H,1H3,(H,6,7,8). The molecule has 0 aliphatic heterocycles. The van der Waals surface area contributed by atoms with Crippen molar-refractivity contribution in [2.75, 3.05) is 17.3 Å². The first kappa shape index (κ1) is 25.0. The molecule has 4 aromatic rings. The number of nitrogens with zero attached hydrogens (tertiary/aromatic N) is 2. The van der Waals surface area contributed by atoms with E-state index < -0.39 is 0 Å². The van der Waals surface area contributed by atoms with Gasteiger partial charge in [0.2, 0.25) is 5.95 Å². The Hall–Kier alpha value is -3.27. The van der Waals surface area contributed by atoms with E-state index in [2.05, 4.69) is 25.3 Å². The van der Waals surface area contributed by atoms with Crippen molar-refractivity contribution in [3.8, 4) is 0 Å². The lowest BCUT2D eigenvalue weighted by atomic mass is 10.3. The lowest BCUT2D eigenvalue weighted by Gasteiger charge is -2.04. The van der Waals surface area contributed by atoms with Gasteiger partial charge < -0.3 is 16.0 Å². The number of hydrogen-bond donors (Lipinski definition) is 4. The maximum Gasteiger partial charge on any atom is 0.252 e. The van der Waals surface area contributed by atoms with Gasteiger partial charge in [-0.25, -0.2) is 9.97 Å². The van der Waals surface area contributed by atoms with Crippen LogP contribution in [0.5, 0.6) is 0 Å². The molecule has 0 aliphatic rings. The third-order valence-electron chi connectivity index (χ3n) is 3.45. The number of anilines is 3. The van der Waals surface area contributed by atoms with E-state index in [1.165, 1.54) is 36.3 Å². The molecular formula is C21H20Cl2N6O2S. The molecule has 2 aromatic heterocycles. The fourth-order valence-corrected chi connectivity index (χ4v) is 2.86. The van der Waals surface area contributed by atoms with Crippen molar-refractivity contribution in [1.82, 2.24) is 19.9 Å². The first-order valence-corrected chi connectivity index (χ1v) is 11.0. The number of hydrogen-bond acceptors (Lipinski definition) is 7. The molecule has 11 heteroatoms. The molecule has 0 aliphatic carbocycles. The number of aromatic amines is 2. The van der Waals surface area contributed by atoms with E-state index in [1.807, 2.05) is 24.5 Å². The highest BCUT2D eigenvalue weighted by atomic mass is 35.5. The second-order valence-electron chi connectivity index (χ2n) is 5.92. The molecule has 166 valence electrons. The number of aromatic nitrogens is 4. The maximum atomic E-state index is 11.0. The summed E-state index contributed by atoms with van der Waals surface area (Å²) in [6, 6.07) is 17.0. The number of thioether (sulfide) groups is 1. The van der Waals surface area contributed by atoms with Crippen LogP contribution in [-0.4, -0.2) is 26.2 Å². The molecule has 5 N–H and O–H groups in total. The minimum atomic E-state index is -0.200. The molecule has 0 saturated heterocycles. The molecule has 0 fully saturated rings. The molecule has 0 unspecified atom stereocenters. The van der Waals surface area contributed by atoms with Crippen LogP contribution in [0.2, 0.25) is 10.0 Å². The number of H-pyrrole nitrogens is 2. The van der Waals surface area contributed by atoms with E-state index in [-0.39, 0.29) is 11.1 Å². The third-order valence-corrected chi connectivity index (χ3v) is 4.51. The molecule has 0 bridgehead atoms. The zero-order valence-electron chi connectivity index (χ0n) is 16.9. The maximum absolute atomic E-state index is 11.0. The number of nitrogen functional groups attached to an aromatic ring is 1. The van der Waals surface area contributed by atoms with Crippen LogP contribution in [0.4, 0.5) is 17.3 Å². The van der Waals surface area contributed by atoms with Crippen molar-refractivity contribution in [1.29, 1.82) is 0 Å². The predicted molar refractivity (Wildman–Crippen MR) is 132 cm³/mol. The Labute approximate surface area is 198 Å². The summed E-state index contributed by atoms with van der Waals surface area (Å²) in [4.78, 5) is 34.5. The summed E-state index contributed by atoms with van der Waals surface area (Å²) in [5, 5.41) is 4.90. The summed E-state index contributed by atoms with van der Waals surface area (Å²) in [5.74, 6) is 0.393. The Bertz CT molecular complexity index is 1230. The van der Waals surface area contributed by atoms with Crippen molar-refractivity contribution in [3.63, 3.8) is 0 Å². The van der Waals surface area contributed by atoms with Crippen LogP contribution in [0.25, 0.3) is 0 Å². The zero-order chi connectivity index (χ0) is 23.3. The lowest BCUT2D eigenvalue weighted by molar-refractivity contribution is 0.940. The van der Waals surface area contributed by atoms with Crippen LogP contribution in [0, 0.1) is 0 Å². The highest BCUT2D eigenvalue weighted by molar-refractivity contribution is 7.98. The van der Waals surface area contributed by atoms with Gasteiger partial charge in [0, 0.05) is 45.9 Å². The van der Waals surface area contributed by atoms with Crippen molar-refractivity contribution < 1.29 is 0 Å². The van der Waals surface area contributed by atoms with Gasteiger partial charge in [0.1, 0.15) is 0 Å². The number of rotatable bonds is 3. The second kappa shape index (κ2) is 13.2. The van der Waals surface area contributed by atoms with Gasteiger partial charge in [0.15, 0.2) is 5.16 Å². The van der Waals surface area contributed by atoms with Crippen LogP contribution < -0.4 is 22.2 Å². The van der Waals surface area contributed by atoms with Crippen LogP contribution in [0.15, 0.2) is 87.8 Å². The first-order valence-electron chi connectivity index (χ1n) is 9.04. The predicted octanol–water partition coefficient (Wildman–Crippen LogP) is 4.58. The van der Waals surface area contributed by atoms with Gasteiger partial charge in [-0.15, -0.1) is 0 Å². The molecule has 8 nitrogen and oxygen atoms in total. The Morgan fingerprint density at radius 2 is 1.50 bits per heavy atom. The molecule has 0 amide bonds. The van der Waals surface area contributed by atoms with Gasteiger partial charge in [-0.1, -0.05) is 47.1 Å². The molecule has 2 heterocycles. The van der Waals surface area contributed by atoms with Gasteiger partial charge in [-0.3, -0.25) is 14.6 Å². The highest BCUT2D eigenvalue weighted by Gasteiger charge is 1.96. The van der Waals surface area contributed by atoms with Crippen molar-refractivity contribution in [2.24, 2.45) is 0 Å². The lowest BCUT2D eigenvalue weighted by Crippen LogP contribution is -2.08. The van der Waals surface area contributed by atoms with E-state index in [9.17, 15) is 9.59 Å². The van der Waals surface area contributed by atoms with E-state index in [1.54, 1.807) is 30.3 Å². The topological polar surface area (TPSA) is 130 Å². The van der Waals surface area contributed by atoms with E-state index in [0.29, 0.717) is 26.8 Å².